The molecule has 0 saturated carbocycles. The molecule has 5 aromatic carbocycles. The van der Waals surface area contributed by atoms with Crippen LogP contribution in [-0.2, 0) is 11.4 Å². The first-order valence-corrected chi connectivity index (χ1v) is 18.1. The topological polar surface area (TPSA) is 175 Å². The van der Waals surface area contributed by atoms with Crippen molar-refractivity contribution < 1.29 is 9.63 Å². The van der Waals surface area contributed by atoms with E-state index in [1.165, 1.54) is 9.36 Å². The van der Waals surface area contributed by atoms with Gasteiger partial charge < -0.3 is 5.32 Å². The minimum absolute atomic E-state index is 0.210. The molecule has 0 unspecified atom stereocenters. The fourth-order valence-electron chi connectivity index (χ4n) is 5.87. The van der Waals surface area contributed by atoms with Crippen molar-refractivity contribution in [1.82, 2.24) is 19.6 Å². The molecule has 0 aliphatic carbocycles. The lowest BCUT2D eigenvalue weighted by molar-refractivity contribution is 0.102. The largest absolute Gasteiger partial charge is 0.322 e. The summed E-state index contributed by atoms with van der Waals surface area (Å²) in [6, 6.07) is 34.7. The first-order chi connectivity index (χ1) is 27.5. The van der Waals surface area contributed by atoms with Gasteiger partial charge in [-0.2, -0.15) is 10.2 Å². The Morgan fingerprint density at radius 2 is 1.11 bits per heavy atom. The van der Waals surface area contributed by atoms with Crippen LogP contribution in [0.3, 0.4) is 0 Å². The summed E-state index contributed by atoms with van der Waals surface area (Å²) in [5.74, 6) is -0.289. The lowest BCUT2D eigenvalue weighted by Gasteiger charge is -2.12. The van der Waals surface area contributed by atoms with Crippen molar-refractivity contribution in [2.45, 2.75) is 41.2 Å². The van der Waals surface area contributed by atoms with Gasteiger partial charge in [0, 0.05) is 11.3 Å². The SMILES string of the molecule is Cc1ccc(-n2[nH]c(C)c(N=Nc3ccc(CONc4ccc(NC(=O)c5ccc(N=Nc6c(C)[nH]n(-c7ccc(C)cc7)c6=O)cc5)cc4C)cc3)c2=O)cc1. The van der Waals surface area contributed by atoms with E-state index >= 15 is 0 Å². The molecule has 0 aliphatic rings. The van der Waals surface area contributed by atoms with E-state index in [4.69, 9.17) is 4.84 Å². The van der Waals surface area contributed by atoms with Crippen molar-refractivity contribution in [2.75, 3.05) is 10.8 Å². The average Bonchev–Trinajstić information content (AvgIpc) is 3.66. The molecule has 0 radical (unpaired) electrons. The number of aryl methyl sites for hydroxylation is 5. The predicted octanol–water partition coefficient (Wildman–Crippen LogP) is 9.81. The van der Waals surface area contributed by atoms with E-state index in [-0.39, 0.29) is 35.0 Å². The highest BCUT2D eigenvalue weighted by Crippen LogP contribution is 2.24. The molecule has 0 spiro atoms. The fraction of sp³-hybridized carbons (Fsp3) is 0.140. The maximum Gasteiger partial charge on any atom is 0.299 e. The fourth-order valence-corrected chi connectivity index (χ4v) is 5.87. The van der Waals surface area contributed by atoms with E-state index in [0.29, 0.717) is 39.7 Å². The lowest BCUT2D eigenvalue weighted by Crippen LogP contribution is -2.13. The smallest absolute Gasteiger partial charge is 0.299 e. The van der Waals surface area contributed by atoms with Gasteiger partial charge >= 0.3 is 0 Å². The number of carbonyl (C=O) groups excluding carboxylic acids is 1. The molecular weight excluding hydrogens is 721 g/mol. The molecule has 7 rings (SSSR count). The number of nitrogens with one attached hydrogen (secondary N) is 4. The van der Waals surface area contributed by atoms with Crippen LogP contribution in [0.1, 0.15) is 44.0 Å². The number of aromatic amines is 2. The van der Waals surface area contributed by atoms with Gasteiger partial charge in [-0.15, -0.1) is 10.2 Å². The highest BCUT2D eigenvalue weighted by molar-refractivity contribution is 6.04. The first kappa shape index (κ1) is 37.8. The van der Waals surface area contributed by atoms with Crippen LogP contribution in [0.25, 0.3) is 11.4 Å². The summed E-state index contributed by atoms with van der Waals surface area (Å²) in [5, 5.41) is 26.0. The van der Waals surface area contributed by atoms with E-state index in [1.807, 2.05) is 93.6 Å². The van der Waals surface area contributed by atoms with Crippen LogP contribution in [0, 0.1) is 34.6 Å². The second-order valence-electron chi connectivity index (χ2n) is 13.6. The number of azo groups is 2. The van der Waals surface area contributed by atoms with Gasteiger partial charge in [0.15, 0.2) is 11.4 Å². The highest BCUT2D eigenvalue weighted by Gasteiger charge is 2.14. The van der Waals surface area contributed by atoms with Crippen LogP contribution in [0.5, 0.6) is 0 Å². The molecule has 0 bridgehead atoms. The number of nitrogens with zero attached hydrogens (tertiary/aromatic N) is 6. The van der Waals surface area contributed by atoms with E-state index in [0.717, 1.165) is 33.6 Å². The maximum absolute atomic E-state index is 13.0. The van der Waals surface area contributed by atoms with Gasteiger partial charge in [0.2, 0.25) is 0 Å². The normalized spacial score (nSPS) is 11.5. The molecule has 57 heavy (non-hydrogen) atoms. The summed E-state index contributed by atoms with van der Waals surface area (Å²) >= 11 is 0. The summed E-state index contributed by atoms with van der Waals surface area (Å²) in [6.45, 7) is 9.71. The number of hydrogen-bond acceptors (Lipinski definition) is 9. The molecule has 1 amide bonds. The van der Waals surface area contributed by atoms with Gasteiger partial charge in [0.1, 0.15) is 0 Å². The second-order valence-corrected chi connectivity index (χ2v) is 13.6. The number of amides is 1. The van der Waals surface area contributed by atoms with Crippen molar-refractivity contribution >= 4 is 40.0 Å². The van der Waals surface area contributed by atoms with Crippen molar-refractivity contribution in [1.29, 1.82) is 0 Å². The van der Waals surface area contributed by atoms with Crippen molar-refractivity contribution in [3.8, 4) is 11.4 Å². The van der Waals surface area contributed by atoms with Crippen molar-refractivity contribution in [3.63, 3.8) is 0 Å². The number of carbonyl (C=O) groups is 1. The Morgan fingerprint density at radius 3 is 1.60 bits per heavy atom. The van der Waals surface area contributed by atoms with Crippen LogP contribution < -0.4 is 21.9 Å². The third-order valence-corrected chi connectivity index (χ3v) is 9.17. The third-order valence-electron chi connectivity index (χ3n) is 9.17. The van der Waals surface area contributed by atoms with Gasteiger partial charge in [0.05, 0.1) is 46.4 Å². The molecular formula is C43H40N10O4. The summed E-state index contributed by atoms with van der Waals surface area (Å²) < 4.78 is 2.89. The van der Waals surface area contributed by atoms with Gasteiger partial charge in [-0.05, 0) is 125 Å². The van der Waals surface area contributed by atoms with E-state index < -0.39 is 0 Å². The second kappa shape index (κ2) is 16.5. The monoisotopic (exact) mass is 760 g/mol. The van der Waals surface area contributed by atoms with E-state index in [9.17, 15) is 14.4 Å². The van der Waals surface area contributed by atoms with Crippen LogP contribution in [0.4, 0.5) is 34.1 Å². The number of hydrogen-bond donors (Lipinski definition) is 4. The van der Waals surface area contributed by atoms with E-state index in [1.54, 1.807) is 56.3 Å². The Hall–Kier alpha value is -7.45. The molecule has 7 aromatic rings. The van der Waals surface area contributed by atoms with Crippen LogP contribution in [0.2, 0.25) is 0 Å². The Bertz CT molecular complexity index is 2720. The van der Waals surface area contributed by atoms with Gasteiger partial charge in [-0.25, -0.2) is 9.36 Å². The number of anilines is 2. The van der Waals surface area contributed by atoms with Crippen LogP contribution in [0.15, 0.2) is 145 Å². The predicted molar refractivity (Wildman–Crippen MR) is 221 cm³/mol. The summed E-state index contributed by atoms with van der Waals surface area (Å²) in [4.78, 5) is 44.7. The minimum Gasteiger partial charge on any atom is -0.322 e. The summed E-state index contributed by atoms with van der Waals surface area (Å²) in [5.41, 5.74) is 12.3. The average molecular weight is 761 g/mol. The zero-order chi connectivity index (χ0) is 40.1. The highest BCUT2D eigenvalue weighted by atomic mass is 16.6. The lowest BCUT2D eigenvalue weighted by atomic mass is 10.1. The Labute approximate surface area is 327 Å². The van der Waals surface area contributed by atoms with Gasteiger partial charge in [-0.3, -0.25) is 34.9 Å². The Kier molecular flexibility index (Phi) is 11.0. The Balaban J connectivity index is 0.897. The standard InChI is InChI=1S/C43H40N10O4/c1-26-6-19-36(20-7-26)52-42(55)39(29(4)49-52)47-45-33-14-10-31(11-15-33)25-57-51-38-23-18-35(24-28(38)3)44-41(54)32-12-16-34(17-13-32)46-48-40-30(5)50-53(43(40)56)37-21-8-27(2)9-22-37/h6-24,49-51H,25H2,1-5H3,(H,44,54). The molecule has 2 aromatic heterocycles. The third kappa shape index (κ3) is 8.77. The molecule has 4 N–H and O–H groups in total. The molecule has 2 heterocycles. The molecule has 0 saturated heterocycles. The van der Waals surface area contributed by atoms with Gasteiger partial charge in [0.25, 0.3) is 17.0 Å². The number of aromatic nitrogens is 4. The molecule has 286 valence electrons. The van der Waals surface area contributed by atoms with Crippen molar-refractivity contribution in [2.24, 2.45) is 20.5 Å². The number of benzene rings is 5. The molecule has 14 nitrogen and oxygen atoms in total. The molecule has 0 atom stereocenters. The zero-order valence-corrected chi connectivity index (χ0v) is 32.0. The van der Waals surface area contributed by atoms with Crippen LogP contribution in [-0.4, -0.2) is 25.5 Å². The maximum atomic E-state index is 13.0. The number of H-pyrrole nitrogens is 2. The number of rotatable bonds is 12. The van der Waals surface area contributed by atoms with E-state index in [2.05, 4.69) is 41.5 Å². The van der Waals surface area contributed by atoms with Gasteiger partial charge in [-0.1, -0.05) is 47.5 Å². The zero-order valence-electron chi connectivity index (χ0n) is 32.0. The quantitative estimate of drug-likeness (QED) is 0.0715. The Morgan fingerprint density at radius 1 is 0.614 bits per heavy atom. The first-order valence-electron chi connectivity index (χ1n) is 18.1. The minimum atomic E-state index is -0.303. The summed E-state index contributed by atoms with van der Waals surface area (Å²) in [7, 11) is 0. The van der Waals surface area contributed by atoms with Crippen molar-refractivity contribution in [3.05, 3.63) is 175 Å². The van der Waals surface area contributed by atoms with Crippen LogP contribution >= 0.6 is 0 Å². The molecule has 14 heteroatoms. The summed E-state index contributed by atoms with van der Waals surface area (Å²) in [6.07, 6.45) is 0. The molecule has 0 aliphatic heterocycles. The molecule has 0 fully saturated rings.